The Morgan fingerprint density at radius 3 is 2.26 bits per heavy atom. The Bertz CT molecular complexity index is 624. The minimum Gasteiger partial charge on any atom is -0.436 e. The van der Waals surface area contributed by atoms with E-state index in [0.29, 0.717) is 11.6 Å². The molecule has 0 spiro atoms. The summed E-state index contributed by atoms with van der Waals surface area (Å²) in [7, 11) is 0. The van der Waals surface area contributed by atoms with Crippen molar-refractivity contribution < 1.29 is 9.21 Å². The Morgan fingerprint density at radius 1 is 1.21 bits per heavy atom. The summed E-state index contributed by atoms with van der Waals surface area (Å²) >= 11 is 3.50. The third-order valence-electron chi connectivity index (χ3n) is 2.80. The number of nitrogens with zero attached hydrogens (tertiary/aromatic N) is 1. The molecule has 2 rings (SSSR count). The van der Waals surface area contributed by atoms with Gasteiger partial charge in [-0.05, 0) is 44.0 Å². The molecule has 1 aromatic heterocycles. The van der Waals surface area contributed by atoms with Crippen molar-refractivity contribution >= 4 is 27.5 Å². The number of anilines is 1. The molecule has 19 heavy (non-hydrogen) atoms. The molecule has 1 amide bonds. The Morgan fingerprint density at radius 2 is 1.79 bits per heavy atom. The number of nitrogens with one attached hydrogen (secondary N) is 1. The van der Waals surface area contributed by atoms with Crippen molar-refractivity contribution in [3.8, 4) is 0 Å². The molecular formula is C14H15BrN2O2. The highest BCUT2D eigenvalue weighted by Crippen LogP contribution is 2.25. The average molecular weight is 323 g/mol. The molecule has 5 heteroatoms. The summed E-state index contributed by atoms with van der Waals surface area (Å²) in [5.74, 6) is 0.473. The number of halogens is 1. The van der Waals surface area contributed by atoms with Crippen LogP contribution >= 0.6 is 15.9 Å². The fourth-order valence-corrected chi connectivity index (χ4v) is 2.18. The van der Waals surface area contributed by atoms with Gasteiger partial charge in [-0.2, -0.15) is 0 Å². The van der Waals surface area contributed by atoms with Crippen molar-refractivity contribution in [1.82, 2.24) is 4.98 Å². The number of carbonyl (C=O) groups excluding carboxylic acids is 1. The number of oxazole rings is 1. The highest BCUT2D eigenvalue weighted by molar-refractivity contribution is 9.10. The molecule has 0 atom stereocenters. The predicted molar refractivity (Wildman–Crippen MR) is 77.5 cm³/mol. The molecule has 2 aromatic rings. The molecule has 1 N–H and O–H groups in total. The zero-order valence-corrected chi connectivity index (χ0v) is 12.9. The number of carbonyl (C=O) groups is 1. The average Bonchev–Trinajstić information content (AvgIpc) is 2.65. The Balaban J connectivity index is 2.27. The molecule has 1 heterocycles. The largest absolute Gasteiger partial charge is 0.436 e. The molecular weight excluding hydrogens is 308 g/mol. The van der Waals surface area contributed by atoms with Crippen molar-refractivity contribution in [1.29, 1.82) is 0 Å². The first-order valence-corrected chi connectivity index (χ1v) is 6.70. The molecule has 0 aliphatic heterocycles. The van der Waals surface area contributed by atoms with E-state index >= 15 is 0 Å². The van der Waals surface area contributed by atoms with Gasteiger partial charge in [0.15, 0.2) is 5.89 Å². The van der Waals surface area contributed by atoms with Gasteiger partial charge < -0.3 is 9.73 Å². The van der Waals surface area contributed by atoms with E-state index in [1.54, 1.807) is 13.8 Å². The molecule has 0 fully saturated rings. The third kappa shape index (κ3) is 2.87. The van der Waals surface area contributed by atoms with Gasteiger partial charge in [0.1, 0.15) is 0 Å². The van der Waals surface area contributed by atoms with E-state index in [9.17, 15) is 4.79 Å². The second kappa shape index (κ2) is 5.17. The van der Waals surface area contributed by atoms with Crippen LogP contribution in [0.3, 0.4) is 0 Å². The van der Waals surface area contributed by atoms with Crippen molar-refractivity contribution in [2.75, 3.05) is 5.32 Å². The molecule has 0 saturated carbocycles. The van der Waals surface area contributed by atoms with Gasteiger partial charge >= 0.3 is 0 Å². The summed E-state index contributed by atoms with van der Waals surface area (Å²) in [6.45, 7) is 7.44. The fourth-order valence-electron chi connectivity index (χ4n) is 1.95. The van der Waals surface area contributed by atoms with Crippen LogP contribution in [0.15, 0.2) is 21.0 Å². The first kappa shape index (κ1) is 13.8. The SMILES string of the molecule is Cc1nc(C)c(C(=O)Nc2cc(C)c(Br)c(C)c2)o1. The highest BCUT2D eigenvalue weighted by atomic mass is 79.9. The summed E-state index contributed by atoms with van der Waals surface area (Å²) < 4.78 is 6.35. The molecule has 1 aromatic carbocycles. The maximum absolute atomic E-state index is 12.1. The van der Waals surface area contributed by atoms with Gasteiger partial charge in [-0.15, -0.1) is 0 Å². The summed E-state index contributed by atoms with van der Waals surface area (Å²) in [6.07, 6.45) is 0. The van der Waals surface area contributed by atoms with E-state index in [-0.39, 0.29) is 11.7 Å². The van der Waals surface area contributed by atoms with Gasteiger partial charge in [-0.3, -0.25) is 4.79 Å². The number of amides is 1. The standard InChI is InChI=1S/C14H15BrN2O2/c1-7-5-11(6-8(2)12(7)15)17-14(18)13-9(3)16-10(4)19-13/h5-6H,1-4H3,(H,17,18). The van der Waals surface area contributed by atoms with E-state index in [4.69, 9.17) is 4.42 Å². The maximum Gasteiger partial charge on any atom is 0.293 e. The highest BCUT2D eigenvalue weighted by Gasteiger charge is 2.16. The minimum absolute atomic E-state index is 0.260. The first-order valence-electron chi connectivity index (χ1n) is 5.90. The normalized spacial score (nSPS) is 10.6. The lowest BCUT2D eigenvalue weighted by molar-refractivity contribution is 0.0994. The van der Waals surface area contributed by atoms with Crippen molar-refractivity contribution in [2.24, 2.45) is 0 Å². The number of hydrogen-bond donors (Lipinski definition) is 1. The van der Waals surface area contributed by atoms with Gasteiger partial charge in [0.25, 0.3) is 5.91 Å². The summed E-state index contributed by atoms with van der Waals surface area (Å²) in [4.78, 5) is 16.2. The first-order chi connectivity index (χ1) is 8.88. The van der Waals surface area contributed by atoms with Crippen LogP contribution in [0.4, 0.5) is 5.69 Å². The topological polar surface area (TPSA) is 55.1 Å². The molecule has 100 valence electrons. The zero-order chi connectivity index (χ0) is 14.2. The summed E-state index contributed by atoms with van der Waals surface area (Å²) in [5.41, 5.74) is 3.48. The lowest BCUT2D eigenvalue weighted by Crippen LogP contribution is -2.12. The van der Waals surface area contributed by atoms with E-state index in [1.807, 2.05) is 26.0 Å². The van der Waals surface area contributed by atoms with E-state index < -0.39 is 0 Å². The summed E-state index contributed by atoms with van der Waals surface area (Å²) in [5, 5.41) is 2.83. The van der Waals surface area contributed by atoms with Crippen LogP contribution in [0.25, 0.3) is 0 Å². The lowest BCUT2D eigenvalue weighted by atomic mass is 10.1. The van der Waals surface area contributed by atoms with Crippen molar-refractivity contribution in [3.63, 3.8) is 0 Å². The van der Waals surface area contributed by atoms with Crippen molar-refractivity contribution in [2.45, 2.75) is 27.7 Å². The third-order valence-corrected chi connectivity index (χ3v) is 4.05. The van der Waals surface area contributed by atoms with Gasteiger partial charge in [0, 0.05) is 17.1 Å². The van der Waals surface area contributed by atoms with Crippen LogP contribution in [0.1, 0.15) is 33.3 Å². The van der Waals surface area contributed by atoms with Crippen LogP contribution in [0.5, 0.6) is 0 Å². The molecule has 0 radical (unpaired) electrons. The second-order valence-electron chi connectivity index (χ2n) is 4.53. The fraction of sp³-hybridized carbons (Fsp3) is 0.286. The number of rotatable bonds is 2. The summed E-state index contributed by atoms with van der Waals surface area (Å²) in [6, 6.07) is 3.82. The molecule has 0 aliphatic rings. The van der Waals surface area contributed by atoms with Crippen LogP contribution < -0.4 is 5.32 Å². The van der Waals surface area contributed by atoms with Crippen LogP contribution in [0.2, 0.25) is 0 Å². The van der Waals surface area contributed by atoms with E-state index in [1.165, 1.54) is 0 Å². The molecule has 0 aliphatic carbocycles. The van der Waals surface area contributed by atoms with Crippen LogP contribution in [0, 0.1) is 27.7 Å². The Hall–Kier alpha value is -1.62. The lowest BCUT2D eigenvalue weighted by Gasteiger charge is -2.08. The predicted octanol–water partition coefficient (Wildman–Crippen LogP) is 3.92. The Kier molecular flexibility index (Phi) is 3.75. The van der Waals surface area contributed by atoms with Gasteiger partial charge in [-0.25, -0.2) is 4.98 Å². The minimum atomic E-state index is -0.278. The Labute approximate surface area is 120 Å². The van der Waals surface area contributed by atoms with E-state index in [2.05, 4.69) is 26.2 Å². The van der Waals surface area contributed by atoms with Gasteiger partial charge in [0.2, 0.25) is 5.76 Å². The molecule has 0 saturated heterocycles. The second-order valence-corrected chi connectivity index (χ2v) is 5.32. The number of aromatic nitrogens is 1. The zero-order valence-electron chi connectivity index (χ0n) is 11.3. The number of aryl methyl sites for hydroxylation is 4. The molecule has 0 bridgehead atoms. The molecule has 4 nitrogen and oxygen atoms in total. The van der Waals surface area contributed by atoms with Crippen LogP contribution in [-0.4, -0.2) is 10.9 Å². The van der Waals surface area contributed by atoms with Gasteiger partial charge in [0.05, 0.1) is 5.69 Å². The smallest absolute Gasteiger partial charge is 0.293 e. The quantitative estimate of drug-likeness (QED) is 0.911. The number of benzene rings is 1. The number of hydrogen-bond acceptors (Lipinski definition) is 3. The van der Waals surface area contributed by atoms with Crippen LogP contribution in [-0.2, 0) is 0 Å². The monoisotopic (exact) mass is 322 g/mol. The van der Waals surface area contributed by atoms with E-state index in [0.717, 1.165) is 21.3 Å². The van der Waals surface area contributed by atoms with Crippen molar-refractivity contribution in [3.05, 3.63) is 45.1 Å². The maximum atomic E-state index is 12.1. The molecule has 0 unspecified atom stereocenters. The van der Waals surface area contributed by atoms with Gasteiger partial charge in [-0.1, -0.05) is 15.9 Å².